The molecule has 1 aromatic carbocycles. The summed E-state index contributed by atoms with van der Waals surface area (Å²) in [5, 5.41) is 3.25. The molecule has 0 radical (unpaired) electrons. The minimum atomic E-state index is -0.0114. The summed E-state index contributed by atoms with van der Waals surface area (Å²) in [6, 6.07) is 5.62. The Hall–Kier alpha value is -2.30. The summed E-state index contributed by atoms with van der Waals surface area (Å²) in [6.07, 6.45) is 3.06. The first-order chi connectivity index (χ1) is 9.08. The van der Waals surface area contributed by atoms with Crippen LogP contribution in [-0.2, 0) is 6.54 Å². The number of hydrogen-bond acceptors (Lipinski definition) is 4. The molecule has 0 saturated heterocycles. The van der Waals surface area contributed by atoms with Crippen molar-refractivity contribution >= 4 is 11.6 Å². The molecule has 2 rings (SSSR count). The topological polar surface area (TPSA) is 58.4 Å². The fraction of sp³-hybridized carbons (Fsp3) is 0.286. The van der Waals surface area contributed by atoms with Gasteiger partial charge in [-0.15, -0.1) is 0 Å². The molecule has 0 spiro atoms. The van der Waals surface area contributed by atoms with Crippen LogP contribution in [0.15, 0.2) is 35.2 Å². The van der Waals surface area contributed by atoms with Crippen molar-refractivity contribution in [3.63, 3.8) is 0 Å². The molecule has 0 aliphatic carbocycles. The number of carbonyl (C=O) groups excluding carboxylic acids is 1. The van der Waals surface area contributed by atoms with Gasteiger partial charge in [0.05, 0.1) is 12.7 Å². The third-order valence-electron chi connectivity index (χ3n) is 2.83. The number of anilines is 1. The number of aromatic nitrogens is 1. The summed E-state index contributed by atoms with van der Waals surface area (Å²) in [5.41, 5.74) is 2.66. The Morgan fingerprint density at radius 3 is 2.84 bits per heavy atom. The Morgan fingerprint density at radius 2 is 2.21 bits per heavy atom. The Kier molecular flexibility index (Phi) is 3.85. The van der Waals surface area contributed by atoms with E-state index >= 15 is 0 Å². The first-order valence-corrected chi connectivity index (χ1v) is 6.01. The van der Waals surface area contributed by atoms with Gasteiger partial charge in [-0.2, -0.15) is 0 Å². The molecule has 0 fully saturated rings. The maximum atomic E-state index is 11.9. The van der Waals surface area contributed by atoms with Crippen LogP contribution in [0.3, 0.4) is 0 Å². The summed E-state index contributed by atoms with van der Waals surface area (Å²) in [5.74, 6) is 0.742. The summed E-state index contributed by atoms with van der Waals surface area (Å²) >= 11 is 0. The van der Waals surface area contributed by atoms with Gasteiger partial charge in [0.15, 0.2) is 6.39 Å². The summed E-state index contributed by atoms with van der Waals surface area (Å²) < 4.78 is 5.16. The zero-order valence-corrected chi connectivity index (χ0v) is 11.3. The number of rotatable bonds is 4. The largest absolute Gasteiger partial charge is 0.447 e. The number of carbonyl (C=O) groups is 1. The lowest BCUT2D eigenvalue weighted by Gasteiger charge is -2.13. The highest BCUT2D eigenvalue weighted by Gasteiger charge is 2.10. The highest BCUT2D eigenvalue weighted by molar-refractivity contribution is 5.95. The van der Waals surface area contributed by atoms with E-state index in [0.29, 0.717) is 12.1 Å². The van der Waals surface area contributed by atoms with Crippen molar-refractivity contribution in [1.82, 2.24) is 9.88 Å². The normalized spacial score (nSPS) is 10.3. The average Bonchev–Trinajstić information content (AvgIpc) is 2.90. The predicted molar refractivity (Wildman–Crippen MR) is 73.0 cm³/mol. The molecule has 1 heterocycles. The quantitative estimate of drug-likeness (QED) is 0.915. The first kappa shape index (κ1) is 13.1. The highest BCUT2D eigenvalue weighted by Crippen LogP contribution is 2.18. The maximum Gasteiger partial charge on any atom is 0.253 e. The van der Waals surface area contributed by atoms with Crippen molar-refractivity contribution in [1.29, 1.82) is 0 Å². The van der Waals surface area contributed by atoms with Gasteiger partial charge < -0.3 is 14.6 Å². The molecule has 1 aromatic heterocycles. The van der Waals surface area contributed by atoms with Crippen LogP contribution >= 0.6 is 0 Å². The Labute approximate surface area is 112 Å². The smallest absolute Gasteiger partial charge is 0.253 e. The molecule has 1 amide bonds. The van der Waals surface area contributed by atoms with Crippen molar-refractivity contribution in [3.8, 4) is 0 Å². The SMILES string of the molecule is Cc1ccc(C(=O)N(C)C)cc1NCc1cnco1. The third-order valence-corrected chi connectivity index (χ3v) is 2.83. The Bertz CT molecular complexity index is 562. The van der Waals surface area contributed by atoms with E-state index in [9.17, 15) is 4.79 Å². The number of oxazole rings is 1. The molecule has 1 N–H and O–H groups in total. The molecule has 0 bridgehead atoms. The van der Waals surface area contributed by atoms with Gasteiger partial charge in [0, 0.05) is 25.3 Å². The predicted octanol–water partition coefficient (Wildman–Crippen LogP) is 2.30. The van der Waals surface area contributed by atoms with E-state index in [1.807, 2.05) is 25.1 Å². The molecule has 5 heteroatoms. The van der Waals surface area contributed by atoms with E-state index in [2.05, 4.69) is 10.3 Å². The number of nitrogens with zero attached hydrogens (tertiary/aromatic N) is 2. The van der Waals surface area contributed by atoms with Crippen molar-refractivity contribution in [2.45, 2.75) is 13.5 Å². The van der Waals surface area contributed by atoms with E-state index in [-0.39, 0.29) is 5.91 Å². The average molecular weight is 259 g/mol. The summed E-state index contributed by atoms with van der Waals surface area (Å²) in [6.45, 7) is 2.53. The number of benzene rings is 1. The molecule has 0 atom stereocenters. The lowest BCUT2D eigenvalue weighted by Crippen LogP contribution is -2.21. The van der Waals surface area contributed by atoms with Crippen LogP contribution in [0.1, 0.15) is 21.7 Å². The van der Waals surface area contributed by atoms with Crippen LogP contribution in [-0.4, -0.2) is 29.9 Å². The standard InChI is InChI=1S/C14H17N3O2/c1-10-4-5-11(14(18)17(2)3)6-13(10)16-8-12-7-15-9-19-12/h4-7,9,16H,8H2,1-3H3. The van der Waals surface area contributed by atoms with Crippen molar-refractivity contribution in [3.05, 3.63) is 47.7 Å². The van der Waals surface area contributed by atoms with E-state index < -0.39 is 0 Å². The Morgan fingerprint density at radius 1 is 1.42 bits per heavy atom. The second-order valence-corrected chi connectivity index (χ2v) is 4.55. The molecule has 0 saturated carbocycles. The van der Waals surface area contributed by atoms with Crippen LogP contribution in [0.25, 0.3) is 0 Å². The monoisotopic (exact) mass is 259 g/mol. The lowest BCUT2D eigenvalue weighted by atomic mass is 10.1. The zero-order valence-electron chi connectivity index (χ0n) is 11.3. The van der Waals surface area contributed by atoms with Gasteiger partial charge in [0.25, 0.3) is 5.91 Å². The number of hydrogen-bond donors (Lipinski definition) is 1. The number of amides is 1. The minimum Gasteiger partial charge on any atom is -0.447 e. The first-order valence-electron chi connectivity index (χ1n) is 6.01. The van der Waals surface area contributed by atoms with Crippen LogP contribution < -0.4 is 5.32 Å². The maximum absolute atomic E-state index is 11.9. The van der Waals surface area contributed by atoms with Crippen LogP contribution in [0.4, 0.5) is 5.69 Å². The van der Waals surface area contributed by atoms with E-state index in [0.717, 1.165) is 17.0 Å². The molecule has 100 valence electrons. The van der Waals surface area contributed by atoms with Gasteiger partial charge in [-0.1, -0.05) is 6.07 Å². The van der Waals surface area contributed by atoms with Crippen molar-refractivity contribution < 1.29 is 9.21 Å². The van der Waals surface area contributed by atoms with Crippen LogP contribution in [0, 0.1) is 6.92 Å². The van der Waals surface area contributed by atoms with Gasteiger partial charge in [-0.25, -0.2) is 4.98 Å². The fourth-order valence-corrected chi connectivity index (χ4v) is 1.72. The molecule has 5 nitrogen and oxygen atoms in total. The second-order valence-electron chi connectivity index (χ2n) is 4.55. The van der Waals surface area contributed by atoms with Gasteiger partial charge in [-0.05, 0) is 24.6 Å². The molecular formula is C14H17N3O2. The number of aryl methyl sites for hydroxylation is 1. The lowest BCUT2D eigenvalue weighted by molar-refractivity contribution is 0.0827. The third kappa shape index (κ3) is 3.13. The van der Waals surface area contributed by atoms with Gasteiger partial charge in [0.2, 0.25) is 0 Å². The molecule has 19 heavy (non-hydrogen) atoms. The van der Waals surface area contributed by atoms with Crippen molar-refractivity contribution in [2.24, 2.45) is 0 Å². The second kappa shape index (κ2) is 5.56. The highest BCUT2D eigenvalue weighted by atomic mass is 16.3. The fourth-order valence-electron chi connectivity index (χ4n) is 1.72. The number of nitrogens with one attached hydrogen (secondary N) is 1. The molecule has 0 aliphatic rings. The van der Waals surface area contributed by atoms with E-state index in [4.69, 9.17) is 4.42 Å². The van der Waals surface area contributed by atoms with Crippen LogP contribution in [0.2, 0.25) is 0 Å². The van der Waals surface area contributed by atoms with Crippen molar-refractivity contribution in [2.75, 3.05) is 19.4 Å². The van der Waals surface area contributed by atoms with E-state index in [1.54, 1.807) is 25.2 Å². The van der Waals surface area contributed by atoms with E-state index in [1.165, 1.54) is 6.39 Å². The molecule has 0 aliphatic heterocycles. The van der Waals surface area contributed by atoms with Gasteiger partial charge in [0.1, 0.15) is 5.76 Å². The molecular weight excluding hydrogens is 242 g/mol. The van der Waals surface area contributed by atoms with Gasteiger partial charge >= 0.3 is 0 Å². The molecule has 0 unspecified atom stereocenters. The molecule has 2 aromatic rings. The zero-order chi connectivity index (χ0) is 13.8. The van der Waals surface area contributed by atoms with Crippen LogP contribution in [0.5, 0.6) is 0 Å². The van der Waals surface area contributed by atoms with Gasteiger partial charge in [-0.3, -0.25) is 4.79 Å². The summed E-state index contributed by atoms with van der Waals surface area (Å²) in [4.78, 5) is 17.3. The summed E-state index contributed by atoms with van der Waals surface area (Å²) in [7, 11) is 3.48. The Balaban J connectivity index is 2.15. The minimum absolute atomic E-state index is 0.0114.